The van der Waals surface area contributed by atoms with Crippen LogP contribution in [0.4, 0.5) is 42.6 Å². The van der Waals surface area contributed by atoms with Crippen molar-refractivity contribution in [1.29, 1.82) is 0 Å². The van der Waals surface area contributed by atoms with Crippen LogP contribution in [0.2, 0.25) is 0 Å². The number of fused-ring (bicyclic) bond motifs is 1. The van der Waals surface area contributed by atoms with Gasteiger partial charge in [0.15, 0.2) is 0 Å². The highest BCUT2D eigenvalue weighted by atomic mass is 19.4. The highest BCUT2D eigenvalue weighted by molar-refractivity contribution is 5.90. The Balaban J connectivity index is 1.62. The first kappa shape index (κ1) is 35.3. The molecule has 3 aromatic heterocycles. The van der Waals surface area contributed by atoms with Crippen LogP contribution in [-0.2, 0) is 30.1 Å². The van der Waals surface area contributed by atoms with E-state index in [1.165, 1.54) is 24.3 Å². The van der Waals surface area contributed by atoms with Gasteiger partial charge in [0.25, 0.3) is 0 Å². The summed E-state index contributed by atoms with van der Waals surface area (Å²) in [4.78, 5) is 24.8. The van der Waals surface area contributed by atoms with Gasteiger partial charge in [-0.1, -0.05) is 6.92 Å². The van der Waals surface area contributed by atoms with Crippen molar-refractivity contribution in [3.05, 3.63) is 70.5 Å². The van der Waals surface area contributed by atoms with Crippen molar-refractivity contribution in [2.24, 2.45) is 0 Å². The van der Waals surface area contributed by atoms with Crippen LogP contribution < -0.4 is 15.0 Å². The van der Waals surface area contributed by atoms with E-state index in [2.05, 4.69) is 30.7 Å². The van der Waals surface area contributed by atoms with Gasteiger partial charge >= 0.3 is 18.4 Å². The van der Waals surface area contributed by atoms with E-state index in [0.29, 0.717) is 36.4 Å². The minimum Gasteiger partial charge on any atom is -0.481 e. The van der Waals surface area contributed by atoms with E-state index in [4.69, 9.17) is 9.47 Å². The minimum absolute atomic E-state index is 0.0380. The maximum Gasteiger partial charge on any atom is 0.416 e. The van der Waals surface area contributed by atoms with Crippen LogP contribution in [0.15, 0.2) is 42.6 Å². The zero-order valence-corrected chi connectivity index (χ0v) is 26.5. The highest BCUT2D eigenvalue weighted by Crippen LogP contribution is 2.42. The Kier molecular flexibility index (Phi) is 10.3. The molecule has 1 aliphatic rings. The SMILES string of the molecule is CCOC(=O)N1c2ccc(OC)nc2[C@@H](Nc2ncc(-c3nnn(CCO)n3)cc2Cc2cc(C(F)(F)F)cc(C(F)(F)F)c2)C[C@H]1CC. The first-order valence-corrected chi connectivity index (χ1v) is 15.2. The quantitative estimate of drug-likeness (QED) is 0.188. The number of nitrogens with one attached hydrogen (secondary N) is 1. The lowest BCUT2D eigenvalue weighted by Crippen LogP contribution is -2.46. The fourth-order valence-electron chi connectivity index (χ4n) is 5.57. The van der Waals surface area contributed by atoms with E-state index in [0.717, 1.165) is 4.80 Å². The molecule has 18 heteroatoms. The van der Waals surface area contributed by atoms with E-state index in [-0.39, 0.29) is 66.1 Å². The van der Waals surface area contributed by atoms with Gasteiger partial charge in [-0.05, 0) is 66.4 Å². The maximum absolute atomic E-state index is 13.7. The van der Waals surface area contributed by atoms with Crippen molar-refractivity contribution in [1.82, 2.24) is 30.2 Å². The number of anilines is 2. The summed E-state index contributed by atoms with van der Waals surface area (Å²) in [7, 11) is 1.42. The summed E-state index contributed by atoms with van der Waals surface area (Å²) in [5.74, 6) is 0.449. The molecule has 1 aliphatic heterocycles. The molecule has 4 aromatic rings. The second-order valence-corrected chi connectivity index (χ2v) is 11.1. The number of tetrazole rings is 1. The van der Waals surface area contributed by atoms with Gasteiger partial charge in [-0.25, -0.2) is 14.8 Å². The third-order valence-electron chi connectivity index (χ3n) is 7.81. The number of aliphatic hydroxyl groups excluding tert-OH is 1. The van der Waals surface area contributed by atoms with Crippen molar-refractivity contribution in [3.8, 4) is 17.3 Å². The van der Waals surface area contributed by atoms with E-state index in [1.807, 2.05) is 6.92 Å². The number of methoxy groups -OCH3 is 1. The number of halogens is 6. The number of carbonyl (C=O) groups is 1. The summed E-state index contributed by atoms with van der Waals surface area (Å²) in [6.07, 6.45) is -8.87. The number of aliphatic hydroxyl groups is 1. The molecule has 12 nitrogen and oxygen atoms in total. The first-order chi connectivity index (χ1) is 23.2. The summed E-state index contributed by atoms with van der Waals surface area (Å²) in [6, 6.07) is 5.13. The van der Waals surface area contributed by atoms with Crippen molar-refractivity contribution in [2.75, 3.05) is 30.5 Å². The lowest BCUT2D eigenvalue weighted by Gasteiger charge is -2.39. The van der Waals surface area contributed by atoms with Crippen LogP contribution in [0.25, 0.3) is 11.4 Å². The fraction of sp³-hybridized carbons (Fsp3) is 0.419. The number of alkyl halides is 6. The number of hydrogen-bond donors (Lipinski definition) is 2. The van der Waals surface area contributed by atoms with Crippen LogP contribution in [0.5, 0.6) is 5.88 Å². The Bertz CT molecular complexity index is 1770. The van der Waals surface area contributed by atoms with Crippen LogP contribution >= 0.6 is 0 Å². The zero-order valence-electron chi connectivity index (χ0n) is 26.5. The van der Waals surface area contributed by atoms with Crippen molar-refractivity contribution >= 4 is 17.6 Å². The molecule has 0 spiro atoms. The number of amides is 1. The number of aromatic nitrogens is 6. The number of nitrogens with zero attached hydrogens (tertiary/aromatic N) is 7. The third-order valence-corrected chi connectivity index (χ3v) is 7.81. The molecule has 0 aliphatic carbocycles. The minimum atomic E-state index is -5.04. The van der Waals surface area contributed by atoms with Crippen LogP contribution in [0.1, 0.15) is 60.7 Å². The molecule has 4 heterocycles. The molecular formula is C31H32F6N8O4. The second kappa shape index (κ2) is 14.2. The van der Waals surface area contributed by atoms with Crippen molar-refractivity contribution in [2.45, 2.75) is 64.1 Å². The Morgan fingerprint density at radius 1 is 1.06 bits per heavy atom. The number of hydrogen-bond acceptors (Lipinski definition) is 10. The Hall–Kier alpha value is -5.00. The molecule has 1 amide bonds. The fourth-order valence-corrected chi connectivity index (χ4v) is 5.57. The summed E-state index contributed by atoms with van der Waals surface area (Å²) < 4.78 is 93.0. The molecule has 2 N–H and O–H groups in total. The van der Waals surface area contributed by atoms with Gasteiger partial charge in [0.1, 0.15) is 5.82 Å². The van der Waals surface area contributed by atoms with Crippen LogP contribution in [0, 0.1) is 0 Å². The molecule has 0 bridgehead atoms. The van der Waals surface area contributed by atoms with Gasteiger partial charge < -0.3 is 19.9 Å². The van der Waals surface area contributed by atoms with E-state index in [1.54, 1.807) is 19.1 Å². The van der Waals surface area contributed by atoms with E-state index < -0.39 is 42.0 Å². The lowest BCUT2D eigenvalue weighted by atomic mass is 9.93. The second-order valence-electron chi connectivity index (χ2n) is 11.1. The Morgan fingerprint density at radius 3 is 2.39 bits per heavy atom. The Morgan fingerprint density at radius 2 is 1.78 bits per heavy atom. The monoisotopic (exact) mass is 694 g/mol. The number of rotatable bonds is 10. The van der Waals surface area contributed by atoms with Gasteiger partial charge in [-0.3, -0.25) is 4.90 Å². The molecule has 0 fully saturated rings. The number of carbonyl (C=O) groups excluding carboxylic acids is 1. The number of pyridine rings is 2. The molecule has 0 saturated heterocycles. The summed E-state index contributed by atoms with van der Waals surface area (Å²) >= 11 is 0. The summed E-state index contributed by atoms with van der Waals surface area (Å²) in [5.41, 5.74) is -1.86. The van der Waals surface area contributed by atoms with Gasteiger partial charge in [0, 0.05) is 30.3 Å². The molecule has 2 atom stereocenters. The van der Waals surface area contributed by atoms with Crippen LogP contribution in [0.3, 0.4) is 0 Å². The third kappa shape index (κ3) is 7.84. The van der Waals surface area contributed by atoms with Crippen molar-refractivity contribution < 1.29 is 45.7 Å². The molecule has 1 aromatic carbocycles. The van der Waals surface area contributed by atoms with E-state index in [9.17, 15) is 36.2 Å². The normalized spacial score (nSPS) is 16.3. The predicted octanol–water partition coefficient (Wildman–Crippen LogP) is 6.06. The zero-order chi connectivity index (χ0) is 35.5. The van der Waals surface area contributed by atoms with Crippen LogP contribution in [-0.4, -0.2) is 67.7 Å². The molecule has 49 heavy (non-hydrogen) atoms. The van der Waals surface area contributed by atoms with Gasteiger partial charge in [0.05, 0.1) is 55.4 Å². The van der Waals surface area contributed by atoms with Crippen molar-refractivity contribution in [3.63, 3.8) is 0 Å². The van der Waals surface area contributed by atoms with Gasteiger partial charge in [-0.2, -0.15) is 31.1 Å². The summed E-state index contributed by atoms with van der Waals surface area (Å²) in [5, 5.41) is 24.5. The standard InChI is InChI=1S/C31H32F6N8O4/c1-4-22-15-23(26-24(6-7-25(40-26)48-3)45(22)29(47)49-5-2)39-27-18(13-19(16-38-27)28-41-43-44(42-28)8-9-46)10-17-11-20(30(32,33)34)14-21(12-17)31(35,36)37/h6-7,11-14,16,22-23,46H,4-5,8-10,15H2,1-3H3,(H,38,39)/t22-,23+/m1/s1. The molecular weight excluding hydrogens is 662 g/mol. The highest BCUT2D eigenvalue weighted by Gasteiger charge is 2.39. The molecule has 5 rings (SSSR count). The predicted molar refractivity (Wildman–Crippen MR) is 163 cm³/mol. The average molecular weight is 695 g/mol. The topological polar surface area (TPSA) is 140 Å². The van der Waals surface area contributed by atoms with Gasteiger partial charge in [-0.15, -0.1) is 10.2 Å². The average Bonchev–Trinajstić information content (AvgIpc) is 3.53. The van der Waals surface area contributed by atoms with E-state index >= 15 is 0 Å². The summed E-state index contributed by atoms with van der Waals surface area (Å²) in [6.45, 7) is 3.48. The smallest absolute Gasteiger partial charge is 0.416 e. The molecule has 0 saturated carbocycles. The maximum atomic E-state index is 13.7. The lowest BCUT2D eigenvalue weighted by molar-refractivity contribution is -0.143. The molecule has 0 unspecified atom stereocenters. The first-order valence-electron chi connectivity index (χ1n) is 15.2. The number of ether oxygens (including phenoxy) is 2. The number of benzene rings is 1. The molecule has 262 valence electrons. The largest absolute Gasteiger partial charge is 0.481 e. The van der Waals surface area contributed by atoms with Gasteiger partial charge in [0.2, 0.25) is 11.7 Å². The molecule has 0 radical (unpaired) electrons. The Labute approximate surface area is 276 Å².